The Hall–Kier alpha value is -1.20. The van der Waals surface area contributed by atoms with Gasteiger partial charge in [-0.3, -0.25) is 0 Å². The van der Waals surface area contributed by atoms with Gasteiger partial charge in [-0.25, -0.2) is 0 Å². The third kappa shape index (κ3) is 3.64. The van der Waals surface area contributed by atoms with Crippen molar-refractivity contribution in [1.82, 2.24) is 0 Å². The van der Waals surface area contributed by atoms with Crippen LogP contribution < -0.4 is 0 Å². The molecule has 0 aliphatic heterocycles. The molecule has 0 radical (unpaired) electrons. The van der Waals surface area contributed by atoms with Crippen LogP contribution in [0.3, 0.4) is 0 Å². The third-order valence-corrected chi connectivity index (χ3v) is 3.02. The largest absolute Gasteiger partial charge is 0.416 e. The van der Waals surface area contributed by atoms with Crippen LogP contribution in [0.4, 0.5) is 26.3 Å². The summed E-state index contributed by atoms with van der Waals surface area (Å²) in [5.41, 5.74) is -2.92. The summed E-state index contributed by atoms with van der Waals surface area (Å²) in [6.45, 7) is 3.22. The highest BCUT2D eigenvalue weighted by Gasteiger charge is 2.47. The van der Waals surface area contributed by atoms with Gasteiger partial charge in [0.25, 0.3) is 0 Å². The molecule has 1 rings (SSSR count). The third-order valence-electron chi connectivity index (χ3n) is 3.02. The molecule has 0 aliphatic carbocycles. The van der Waals surface area contributed by atoms with Gasteiger partial charge in [0.05, 0.1) is 11.0 Å². The summed E-state index contributed by atoms with van der Waals surface area (Å²) >= 11 is 0. The summed E-state index contributed by atoms with van der Waals surface area (Å²) in [5, 5.41) is 0. The zero-order valence-electron chi connectivity index (χ0n) is 10.7. The first kappa shape index (κ1) is 15.9. The monoisotopic (exact) mass is 284 g/mol. The second kappa shape index (κ2) is 4.72. The molecule has 0 aromatic heterocycles. The van der Waals surface area contributed by atoms with Crippen molar-refractivity contribution in [3.8, 4) is 0 Å². The van der Waals surface area contributed by atoms with Gasteiger partial charge >= 0.3 is 12.4 Å². The van der Waals surface area contributed by atoms with E-state index in [1.165, 1.54) is 19.1 Å². The van der Waals surface area contributed by atoms with Crippen molar-refractivity contribution in [2.45, 2.75) is 39.5 Å². The Balaban J connectivity index is 3.12. The highest BCUT2D eigenvalue weighted by Crippen LogP contribution is 2.41. The van der Waals surface area contributed by atoms with Crippen LogP contribution in [0.15, 0.2) is 18.2 Å². The first-order valence-electron chi connectivity index (χ1n) is 5.58. The zero-order chi connectivity index (χ0) is 15.1. The minimum absolute atomic E-state index is 0.000986. The zero-order valence-corrected chi connectivity index (χ0v) is 10.7. The van der Waals surface area contributed by atoms with Gasteiger partial charge in [0.15, 0.2) is 0 Å². The topological polar surface area (TPSA) is 0 Å². The highest BCUT2D eigenvalue weighted by molar-refractivity contribution is 5.33. The summed E-state index contributed by atoms with van der Waals surface area (Å²) in [6, 6.07) is 3.30. The van der Waals surface area contributed by atoms with Gasteiger partial charge in [0, 0.05) is 0 Å². The Bertz CT molecular complexity index is 453. The first-order valence-corrected chi connectivity index (χ1v) is 5.58. The highest BCUT2D eigenvalue weighted by atomic mass is 19.4. The molecular weight excluding hydrogens is 270 g/mol. The fourth-order valence-corrected chi connectivity index (χ4v) is 1.70. The van der Waals surface area contributed by atoms with Crippen LogP contribution >= 0.6 is 0 Å². The predicted molar refractivity (Wildman–Crippen MR) is 59.7 cm³/mol. The van der Waals surface area contributed by atoms with Crippen molar-refractivity contribution in [3.63, 3.8) is 0 Å². The molecule has 0 N–H and O–H groups in total. The van der Waals surface area contributed by atoms with Gasteiger partial charge in [-0.1, -0.05) is 26.0 Å². The molecule has 1 aromatic carbocycles. The number of rotatable bonds is 2. The smallest absolute Gasteiger partial charge is 0.171 e. The van der Waals surface area contributed by atoms with E-state index >= 15 is 0 Å². The number of halogens is 6. The average Bonchev–Trinajstić information content (AvgIpc) is 2.17. The van der Waals surface area contributed by atoms with E-state index in [1.54, 1.807) is 0 Å². The molecule has 0 fully saturated rings. The van der Waals surface area contributed by atoms with E-state index in [9.17, 15) is 26.3 Å². The van der Waals surface area contributed by atoms with Crippen LogP contribution in [0.2, 0.25) is 0 Å². The number of hydrogen-bond acceptors (Lipinski definition) is 0. The maximum Gasteiger partial charge on any atom is 0.416 e. The van der Waals surface area contributed by atoms with E-state index in [4.69, 9.17) is 0 Å². The Kier molecular flexibility index (Phi) is 3.94. The molecule has 0 spiro atoms. The molecule has 0 amide bonds. The molecule has 0 saturated heterocycles. The molecule has 0 unspecified atom stereocenters. The average molecular weight is 284 g/mol. The lowest BCUT2D eigenvalue weighted by Crippen LogP contribution is -2.34. The lowest BCUT2D eigenvalue weighted by Gasteiger charge is -2.28. The minimum Gasteiger partial charge on any atom is -0.171 e. The molecule has 108 valence electrons. The van der Waals surface area contributed by atoms with Crippen LogP contribution in [0.5, 0.6) is 0 Å². The normalized spacial score (nSPS) is 13.7. The lowest BCUT2D eigenvalue weighted by molar-refractivity contribution is -0.211. The molecule has 1 aromatic rings. The second-order valence-electron chi connectivity index (χ2n) is 5.21. The van der Waals surface area contributed by atoms with E-state index in [-0.39, 0.29) is 11.1 Å². The molecule has 6 heteroatoms. The van der Waals surface area contributed by atoms with Crippen LogP contribution in [-0.4, -0.2) is 6.18 Å². The predicted octanol–water partition coefficient (Wildman–Crippen LogP) is 5.14. The van der Waals surface area contributed by atoms with Crippen molar-refractivity contribution in [2.24, 2.45) is 5.41 Å². The first-order chi connectivity index (χ1) is 8.34. The molecule has 0 atom stereocenters. The Morgan fingerprint density at radius 3 is 1.89 bits per heavy atom. The SMILES string of the molecule is Cc1ccc(CC(C)(C)C(F)(F)F)cc1C(F)(F)F. The second-order valence-corrected chi connectivity index (χ2v) is 5.21. The van der Waals surface area contributed by atoms with Gasteiger partial charge in [0.1, 0.15) is 0 Å². The van der Waals surface area contributed by atoms with E-state index < -0.39 is 29.8 Å². The van der Waals surface area contributed by atoms with Gasteiger partial charge in [0.2, 0.25) is 0 Å². The molecule has 0 saturated carbocycles. The summed E-state index contributed by atoms with van der Waals surface area (Å²) in [4.78, 5) is 0. The minimum atomic E-state index is -4.55. The molecular formula is C13H14F6. The summed E-state index contributed by atoms with van der Waals surface area (Å²) in [7, 11) is 0. The molecule has 0 aliphatic rings. The van der Waals surface area contributed by atoms with Gasteiger partial charge < -0.3 is 0 Å². The summed E-state index contributed by atoms with van der Waals surface area (Å²) in [5.74, 6) is 0. The van der Waals surface area contributed by atoms with Crippen molar-refractivity contribution in [2.75, 3.05) is 0 Å². The lowest BCUT2D eigenvalue weighted by atomic mass is 9.84. The van der Waals surface area contributed by atoms with Crippen LogP contribution in [-0.2, 0) is 12.6 Å². The van der Waals surface area contributed by atoms with Crippen molar-refractivity contribution in [1.29, 1.82) is 0 Å². The number of benzene rings is 1. The van der Waals surface area contributed by atoms with Crippen molar-refractivity contribution >= 4 is 0 Å². The standard InChI is InChI=1S/C13H14F6/c1-8-4-5-9(6-10(8)12(14,15)16)7-11(2,3)13(17,18)19/h4-6H,7H2,1-3H3. The Labute approximate surface area is 107 Å². The fraction of sp³-hybridized carbons (Fsp3) is 0.538. The Morgan fingerprint density at radius 2 is 1.47 bits per heavy atom. The molecule has 0 bridgehead atoms. The van der Waals surface area contributed by atoms with Gasteiger partial charge in [-0.15, -0.1) is 0 Å². The van der Waals surface area contributed by atoms with Gasteiger partial charge in [-0.05, 0) is 30.5 Å². The van der Waals surface area contributed by atoms with E-state index in [0.717, 1.165) is 19.9 Å². The number of aryl methyl sites for hydroxylation is 1. The quantitative estimate of drug-likeness (QED) is 0.659. The van der Waals surface area contributed by atoms with Crippen molar-refractivity contribution < 1.29 is 26.3 Å². The van der Waals surface area contributed by atoms with Crippen LogP contribution in [0, 0.1) is 12.3 Å². The fourth-order valence-electron chi connectivity index (χ4n) is 1.70. The molecule has 19 heavy (non-hydrogen) atoms. The van der Waals surface area contributed by atoms with Crippen molar-refractivity contribution in [3.05, 3.63) is 34.9 Å². The van der Waals surface area contributed by atoms with Gasteiger partial charge in [-0.2, -0.15) is 26.3 Å². The van der Waals surface area contributed by atoms with E-state index in [1.807, 2.05) is 0 Å². The summed E-state index contributed by atoms with van der Waals surface area (Å²) < 4.78 is 76.2. The number of hydrogen-bond donors (Lipinski definition) is 0. The number of alkyl halides is 6. The van der Waals surface area contributed by atoms with Crippen LogP contribution in [0.1, 0.15) is 30.5 Å². The Morgan fingerprint density at radius 1 is 0.947 bits per heavy atom. The maximum atomic E-state index is 12.7. The molecule has 0 heterocycles. The maximum absolute atomic E-state index is 12.7. The molecule has 0 nitrogen and oxygen atoms in total. The van der Waals surface area contributed by atoms with Crippen LogP contribution in [0.25, 0.3) is 0 Å². The van der Waals surface area contributed by atoms with E-state index in [0.29, 0.717) is 0 Å². The summed E-state index contributed by atoms with van der Waals surface area (Å²) in [6.07, 6.45) is -9.50. The van der Waals surface area contributed by atoms with E-state index in [2.05, 4.69) is 0 Å².